The number of aryl methyl sites for hydroxylation is 1. The number of rotatable bonds is 2. The second-order valence-electron chi connectivity index (χ2n) is 5.17. The van der Waals surface area contributed by atoms with Crippen LogP contribution in [0.3, 0.4) is 0 Å². The van der Waals surface area contributed by atoms with Gasteiger partial charge in [0.25, 0.3) is 11.8 Å². The van der Waals surface area contributed by atoms with Crippen LogP contribution in [0.15, 0.2) is 36.5 Å². The molecule has 0 aromatic heterocycles. The molecule has 0 bridgehead atoms. The molecule has 2 rings (SSSR count). The molecule has 0 unspecified atom stereocenters. The predicted octanol–water partition coefficient (Wildman–Crippen LogP) is 1.81. The largest absolute Gasteiger partial charge is 0.422 e. The van der Waals surface area contributed by atoms with Gasteiger partial charge in [-0.2, -0.15) is 18.4 Å². The number of nitriles is 1. The maximum Gasteiger partial charge on any atom is 0.422 e. The summed E-state index contributed by atoms with van der Waals surface area (Å²) in [5.41, 5.74) is -3.15. The first-order valence-electron chi connectivity index (χ1n) is 6.49. The molecule has 1 aliphatic rings. The molecule has 0 spiro atoms. The molecule has 1 aliphatic heterocycles. The summed E-state index contributed by atoms with van der Waals surface area (Å²) in [4.78, 5) is 24.1. The number of carbonyl (C=O) groups is 2. The van der Waals surface area contributed by atoms with Gasteiger partial charge in [-0.25, -0.2) is 0 Å². The lowest BCUT2D eigenvalue weighted by Gasteiger charge is -2.32. The first-order chi connectivity index (χ1) is 10.6. The lowest BCUT2D eigenvalue weighted by molar-refractivity contribution is -0.197. The average Bonchev–Trinajstić information content (AvgIpc) is 2.69. The zero-order valence-electron chi connectivity index (χ0n) is 12.0. The van der Waals surface area contributed by atoms with Crippen LogP contribution < -0.4 is 10.6 Å². The van der Waals surface area contributed by atoms with E-state index < -0.39 is 35.1 Å². The van der Waals surface area contributed by atoms with E-state index in [4.69, 9.17) is 5.26 Å². The van der Waals surface area contributed by atoms with Gasteiger partial charge in [-0.05, 0) is 19.1 Å². The third kappa shape index (κ3) is 2.54. The van der Waals surface area contributed by atoms with Gasteiger partial charge in [0, 0.05) is 11.3 Å². The fourth-order valence-electron chi connectivity index (χ4n) is 2.41. The van der Waals surface area contributed by atoms with Crippen LogP contribution in [-0.2, 0) is 4.79 Å². The first-order valence-corrected chi connectivity index (χ1v) is 6.49. The van der Waals surface area contributed by atoms with Gasteiger partial charge in [-0.3, -0.25) is 9.59 Å². The van der Waals surface area contributed by atoms with Crippen LogP contribution in [0.2, 0.25) is 0 Å². The summed E-state index contributed by atoms with van der Waals surface area (Å²) in [5, 5.41) is 12.6. The normalized spacial score (nSPS) is 24.0. The monoisotopic (exact) mass is 323 g/mol. The van der Waals surface area contributed by atoms with E-state index in [0.717, 1.165) is 0 Å². The molecule has 2 atom stereocenters. The Kier molecular flexibility index (Phi) is 3.90. The Labute approximate surface area is 129 Å². The van der Waals surface area contributed by atoms with Gasteiger partial charge in [0.15, 0.2) is 0 Å². The van der Waals surface area contributed by atoms with Crippen molar-refractivity contribution >= 4 is 11.8 Å². The van der Waals surface area contributed by atoms with Crippen LogP contribution in [0.4, 0.5) is 13.2 Å². The number of alkyl halides is 3. The molecule has 0 aliphatic carbocycles. The number of nitrogens with one attached hydrogen (secondary N) is 2. The number of nitrogens with zero attached hydrogens (tertiary/aromatic N) is 1. The van der Waals surface area contributed by atoms with Crippen LogP contribution in [0, 0.1) is 24.2 Å². The minimum Gasteiger partial charge on any atom is -0.329 e. The maximum atomic E-state index is 13.6. The van der Waals surface area contributed by atoms with E-state index in [2.05, 4.69) is 6.58 Å². The molecular weight excluding hydrogens is 311 g/mol. The van der Waals surface area contributed by atoms with Crippen LogP contribution in [0.5, 0.6) is 0 Å². The number of benzene rings is 1. The van der Waals surface area contributed by atoms with E-state index in [1.807, 2.05) is 5.32 Å². The van der Waals surface area contributed by atoms with Gasteiger partial charge in [0.1, 0.15) is 5.92 Å². The standard InChI is InChI=1S/C15H12F3N3O2/c1-8-4-3-5-10(6-8)12(22)21-14(15(16,17)18)11(7-19)9(2)20-13(14)23/h3-6,11H,2H2,1H3,(H,20,23)(H,21,22)/t11-,14+/m1/s1. The Morgan fingerprint density at radius 3 is 2.65 bits per heavy atom. The highest BCUT2D eigenvalue weighted by atomic mass is 19.4. The van der Waals surface area contributed by atoms with Gasteiger partial charge >= 0.3 is 6.18 Å². The number of hydrogen-bond acceptors (Lipinski definition) is 3. The number of carbonyl (C=O) groups excluding carboxylic acids is 2. The highest BCUT2D eigenvalue weighted by Crippen LogP contribution is 2.42. The molecule has 5 nitrogen and oxygen atoms in total. The van der Waals surface area contributed by atoms with Crippen molar-refractivity contribution < 1.29 is 22.8 Å². The number of halogens is 3. The van der Waals surface area contributed by atoms with Gasteiger partial charge < -0.3 is 10.6 Å². The second kappa shape index (κ2) is 5.43. The van der Waals surface area contributed by atoms with Crippen molar-refractivity contribution in [3.8, 4) is 6.07 Å². The summed E-state index contributed by atoms with van der Waals surface area (Å²) in [6.45, 7) is 4.92. The van der Waals surface area contributed by atoms with Crippen molar-refractivity contribution in [2.45, 2.75) is 18.6 Å². The molecular formula is C15H12F3N3O2. The molecule has 1 heterocycles. The lowest BCUT2D eigenvalue weighted by Crippen LogP contribution is -2.66. The lowest BCUT2D eigenvalue weighted by atomic mass is 9.84. The second-order valence-corrected chi connectivity index (χ2v) is 5.17. The fraction of sp³-hybridized carbons (Fsp3) is 0.267. The summed E-state index contributed by atoms with van der Waals surface area (Å²) in [5.74, 6) is -4.58. The van der Waals surface area contributed by atoms with Crippen LogP contribution >= 0.6 is 0 Å². The van der Waals surface area contributed by atoms with Crippen molar-refractivity contribution in [3.05, 3.63) is 47.7 Å². The molecule has 1 fully saturated rings. The molecule has 0 saturated carbocycles. The molecule has 1 aromatic rings. The van der Waals surface area contributed by atoms with E-state index >= 15 is 0 Å². The van der Waals surface area contributed by atoms with Gasteiger partial charge in [0.2, 0.25) is 5.54 Å². The summed E-state index contributed by atoms with van der Waals surface area (Å²) in [6.07, 6.45) is -5.17. The fourth-order valence-corrected chi connectivity index (χ4v) is 2.41. The van der Waals surface area contributed by atoms with Crippen molar-refractivity contribution in [1.82, 2.24) is 10.6 Å². The Hall–Kier alpha value is -2.82. The SMILES string of the molecule is C=C1NC(=O)[C@](NC(=O)c2cccc(C)c2)(C(F)(F)F)[C@@H]1C#N. The summed E-state index contributed by atoms with van der Waals surface area (Å²) in [6, 6.07) is 7.25. The predicted molar refractivity (Wildman–Crippen MR) is 73.8 cm³/mol. The molecule has 1 aromatic carbocycles. The minimum atomic E-state index is -5.17. The maximum absolute atomic E-state index is 13.6. The molecule has 2 N–H and O–H groups in total. The number of amides is 2. The third-order valence-electron chi connectivity index (χ3n) is 3.58. The van der Waals surface area contributed by atoms with E-state index in [1.165, 1.54) is 24.3 Å². The van der Waals surface area contributed by atoms with E-state index in [9.17, 15) is 22.8 Å². The smallest absolute Gasteiger partial charge is 0.329 e. The molecule has 2 amide bonds. The Balaban J connectivity index is 2.50. The molecule has 23 heavy (non-hydrogen) atoms. The van der Waals surface area contributed by atoms with Gasteiger partial charge in [-0.1, -0.05) is 24.3 Å². The highest BCUT2D eigenvalue weighted by molar-refractivity contribution is 6.02. The van der Waals surface area contributed by atoms with Gasteiger partial charge in [-0.15, -0.1) is 0 Å². The van der Waals surface area contributed by atoms with Crippen LogP contribution in [-0.4, -0.2) is 23.5 Å². The Morgan fingerprint density at radius 1 is 1.48 bits per heavy atom. The topological polar surface area (TPSA) is 82.0 Å². The van der Waals surface area contributed by atoms with E-state index in [0.29, 0.717) is 5.56 Å². The summed E-state index contributed by atoms with van der Waals surface area (Å²) in [7, 11) is 0. The zero-order chi connectivity index (χ0) is 17.4. The average molecular weight is 323 g/mol. The summed E-state index contributed by atoms with van der Waals surface area (Å²) < 4.78 is 40.7. The van der Waals surface area contributed by atoms with Crippen LogP contribution in [0.25, 0.3) is 0 Å². The molecule has 1 saturated heterocycles. The Morgan fingerprint density at radius 2 is 2.13 bits per heavy atom. The van der Waals surface area contributed by atoms with Crippen molar-refractivity contribution in [2.75, 3.05) is 0 Å². The first kappa shape index (κ1) is 16.5. The van der Waals surface area contributed by atoms with Crippen molar-refractivity contribution in [1.29, 1.82) is 5.26 Å². The number of hydrogen-bond donors (Lipinski definition) is 2. The van der Waals surface area contributed by atoms with E-state index in [1.54, 1.807) is 18.3 Å². The van der Waals surface area contributed by atoms with E-state index in [-0.39, 0.29) is 5.56 Å². The van der Waals surface area contributed by atoms with Gasteiger partial charge in [0.05, 0.1) is 6.07 Å². The minimum absolute atomic E-state index is 0.0457. The van der Waals surface area contributed by atoms with Crippen molar-refractivity contribution in [2.24, 2.45) is 5.92 Å². The van der Waals surface area contributed by atoms with Crippen LogP contribution in [0.1, 0.15) is 15.9 Å². The molecule has 0 radical (unpaired) electrons. The highest BCUT2D eigenvalue weighted by Gasteiger charge is 2.70. The Bertz CT molecular complexity index is 736. The quantitative estimate of drug-likeness (QED) is 0.871. The summed E-state index contributed by atoms with van der Waals surface area (Å²) >= 11 is 0. The molecule has 120 valence electrons. The molecule has 8 heteroatoms. The third-order valence-corrected chi connectivity index (χ3v) is 3.58. The van der Waals surface area contributed by atoms with Crippen molar-refractivity contribution in [3.63, 3.8) is 0 Å². The zero-order valence-corrected chi connectivity index (χ0v) is 12.0.